The number of hydrogen-bond donors (Lipinski definition) is 4. The lowest BCUT2D eigenvalue weighted by Crippen LogP contribution is -2.55. The van der Waals surface area contributed by atoms with E-state index in [1.807, 2.05) is 44.2 Å². The number of phenolic OH excluding ortho intramolecular Hbond substituents is 1. The zero-order valence-corrected chi connectivity index (χ0v) is 38.5. The van der Waals surface area contributed by atoms with E-state index in [1.165, 1.54) is 54.3 Å². The molecule has 0 spiro atoms. The Balaban J connectivity index is 1.47. The molecule has 0 aliphatic carbocycles. The van der Waals surface area contributed by atoms with Gasteiger partial charge in [-0.2, -0.15) is 0 Å². The van der Waals surface area contributed by atoms with Gasteiger partial charge in [0.25, 0.3) is 11.7 Å². The third-order valence-electron chi connectivity index (χ3n) is 12.2. The fourth-order valence-corrected chi connectivity index (χ4v) is 8.30. The number of carbonyl (C=O) groups is 8. The maximum atomic E-state index is 14.2. The van der Waals surface area contributed by atoms with Gasteiger partial charge in [0.15, 0.2) is 23.1 Å². The quantitative estimate of drug-likeness (QED) is 0.237. The Bertz CT molecular complexity index is 2210. The van der Waals surface area contributed by atoms with Gasteiger partial charge in [-0.3, -0.25) is 38.4 Å². The van der Waals surface area contributed by atoms with Gasteiger partial charge in [0.2, 0.25) is 23.6 Å². The summed E-state index contributed by atoms with van der Waals surface area (Å²) in [4.78, 5) is 114. The number of nitrogens with one attached hydrogen (secondary N) is 3. The number of aromatic hydroxyl groups is 1. The first-order chi connectivity index (χ1) is 31.6. The first-order valence-corrected chi connectivity index (χ1v) is 22.7. The van der Waals surface area contributed by atoms with Crippen molar-refractivity contribution >= 4 is 46.9 Å². The molecule has 16 heteroatoms. The average Bonchev–Trinajstić information content (AvgIpc) is 3.31. The fourth-order valence-electron chi connectivity index (χ4n) is 8.30. The summed E-state index contributed by atoms with van der Waals surface area (Å²) in [7, 11) is 2.86. The molecular weight excluding hydrogens is 847 g/mol. The van der Waals surface area contributed by atoms with Crippen LogP contribution in [0.5, 0.6) is 17.2 Å². The minimum absolute atomic E-state index is 0.000402. The average molecular weight is 910 g/mol. The monoisotopic (exact) mass is 909 g/mol. The molecule has 354 valence electrons. The Morgan fingerprint density at radius 2 is 1.56 bits per heavy atom. The maximum absolute atomic E-state index is 14.2. The van der Waals surface area contributed by atoms with Crippen LogP contribution in [0.1, 0.15) is 87.2 Å². The van der Waals surface area contributed by atoms with Crippen LogP contribution < -0.4 is 25.4 Å². The molecule has 0 saturated carbocycles. The van der Waals surface area contributed by atoms with Crippen molar-refractivity contribution in [1.82, 2.24) is 25.8 Å². The van der Waals surface area contributed by atoms with E-state index in [0.29, 0.717) is 31.2 Å². The van der Waals surface area contributed by atoms with Crippen LogP contribution in [-0.2, 0) is 46.4 Å². The highest BCUT2D eigenvalue weighted by Crippen LogP contribution is 2.30. The molecule has 1 unspecified atom stereocenters. The summed E-state index contributed by atoms with van der Waals surface area (Å²) in [5.74, 6) is -6.16. The number of rotatable bonds is 8. The van der Waals surface area contributed by atoms with Gasteiger partial charge in [-0.1, -0.05) is 63.2 Å². The SMILES string of the molecule is COc1ccc2cc1OCCNC(=O)[C@H](C)CC(=O)[C@@H](Cc1ccc(O)cc1)NC(=O)[C@@H](CC(C)C)N(C)C(=O)CNC(=O)[C@H](CCc1ccccc1)CC(=O)C1CCCCN1C(=O)C2=O. The second-order valence-corrected chi connectivity index (χ2v) is 17.6. The normalized spacial score (nSPS) is 22.7. The molecule has 5 rings (SSSR count). The number of ketones is 3. The smallest absolute Gasteiger partial charge is 0.295 e. The highest BCUT2D eigenvalue weighted by molar-refractivity contribution is 6.43. The predicted molar refractivity (Wildman–Crippen MR) is 245 cm³/mol. The molecule has 1 saturated heterocycles. The number of methoxy groups -OCH3 is 1. The first-order valence-electron chi connectivity index (χ1n) is 22.7. The molecule has 5 atom stereocenters. The van der Waals surface area contributed by atoms with Gasteiger partial charge < -0.3 is 40.3 Å². The van der Waals surface area contributed by atoms with Crippen molar-refractivity contribution in [3.63, 3.8) is 0 Å². The van der Waals surface area contributed by atoms with Crippen molar-refractivity contribution in [3.05, 3.63) is 89.5 Å². The third kappa shape index (κ3) is 14.0. The third-order valence-corrected chi connectivity index (χ3v) is 12.2. The Hall–Kier alpha value is -6.58. The molecule has 3 aromatic rings. The summed E-state index contributed by atoms with van der Waals surface area (Å²) in [6.45, 7) is 4.94. The molecule has 5 amide bonds. The zero-order valence-electron chi connectivity index (χ0n) is 38.5. The van der Waals surface area contributed by atoms with Crippen LogP contribution in [0.3, 0.4) is 0 Å². The summed E-state index contributed by atoms with van der Waals surface area (Å²) in [6.07, 6.45) is 1.93. The summed E-state index contributed by atoms with van der Waals surface area (Å²) < 4.78 is 11.4. The van der Waals surface area contributed by atoms with Crippen LogP contribution in [0.15, 0.2) is 72.8 Å². The zero-order chi connectivity index (χ0) is 47.9. The van der Waals surface area contributed by atoms with Crippen LogP contribution in [-0.4, -0.2) is 120 Å². The lowest BCUT2D eigenvalue weighted by Gasteiger charge is -2.35. The van der Waals surface area contributed by atoms with Crippen molar-refractivity contribution in [2.24, 2.45) is 17.8 Å². The second-order valence-electron chi connectivity index (χ2n) is 17.6. The number of amides is 5. The van der Waals surface area contributed by atoms with E-state index in [9.17, 15) is 43.5 Å². The first kappa shape index (κ1) is 50.4. The lowest BCUT2D eigenvalue weighted by atomic mass is 9.88. The maximum Gasteiger partial charge on any atom is 0.295 e. The standard InChI is InChI=1S/C50H63N5O11/c1-31(2)25-40-49(63)53-38(27-34-15-19-37(56)20-16-34)41(57)26-32(3)47(61)51-22-24-66-44-29-35(18-21-43(44)65-5)46(60)50(64)55-23-10-9-13-39(55)42(58)28-36(17-14-33-11-7-6-8-12-33)48(62)52-30-45(59)54(40)4/h6-8,11-12,15-16,18-21,29,31-32,36,38-40,56H,9-10,13-14,17,22-28,30H2,1-5H3,(H,51,61)(H,52,62)(H,53,63)/t32-,36-,38-,39?,40-/m1/s1. The Morgan fingerprint density at radius 3 is 2.26 bits per heavy atom. The number of benzene rings is 3. The van der Waals surface area contributed by atoms with Gasteiger partial charge in [-0.15, -0.1) is 0 Å². The van der Waals surface area contributed by atoms with E-state index >= 15 is 0 Å². The summed E-state index contributed by atoms with van der Waals surface area (Å²) >= 11 is 0. The molecule has 4 N–H and O–H groups in total. The van der Waals surface area contributed by atoms with E-state index in [2.05, 4.69) is 16.0 Å². The van der Waals surface area contributed by atoms with Crippen LogP contribution >= 0.6 is 0 Å². The summed E-state index contributed by atoms with van der Waals surface area (Å²) in [6, 6.07) is 16.7. The molecule has 2 heterocycles. The van der Waals surface area contributed by atoms with Crippen molar-refractivity contribution in [2.45, 2.75) is 96.7 Å². The number of aryl methyl sites for hydroxylation is 1. The highest BCUT2D eigenvalue weighted by Gasteiger charge is 2.38. The lowest BCUT2D eigenvalue weighted by molar-refractivity contribution is -0.141. The predicted octanol–water partition coefficient (Wildman–Crippen LogP) is 3.99. The molecule has 2 bridgehead atoms. The van der Waals surface area contributed by atoms with Gasteiger partial charge in [-0.05, 0) is 92.3 Å². The molecular formula is C50H63N5O11. The number of likely N-dealkylation sites (N-methyl/N-ethyl adjacent to an activating group) is 1. The Morgan fingerprint density at radius 1 is 0.833 bits per heavy atom. The number of hydrogen-bond acceptors (Lipinski definition) is 11. The number of Topliss-reactive ketones (excluding diaryl/α,β-unsaturated/α-hetero) is 3. The van der Waals surface area contributed by atoms with Gasteiger partial charge in [0.05, 0.1) is 32.3 Å². The number of carbonyl (C=O) groups excluding carboxylic acids is 8. The largest absolute Gasteiger partial charge is 0.508 e. The van der Waals surface area contributed by atoms with Gasteiger partial charge in [-0.25, -0.2) is 0 Å². The fraction of sp³-hybridized carbons (Fsp3) is 0.480. The van der Waals surface area contributed by atoms with E-state index in [4.69, 9.17) is 9.47 Å². The van der Waals surface area contributed by atoms with Gasteiger partial charge in [0.1, 0.15) is 18.4 Å². The molecule has 0 radical (unpaired) electrons. The number of piperidine rings is 1. The molecule has 3 aromatic carbocycles. The Labute approximate surface area is 386 Å². The number of fused-ring (bicyclic) bond motifs is 3. The molecule has 0 aromatic heterocycles. The van der Waals surface area contributed by atoms with E-state index < -0.39 is 77.6 Å². The summed E-state index contributed by atoms with van der Waals surface area (Å²) in [5.41, 5.74) is 1.57. The number of phenols is 1. The van der Waals surface area contributed by atoms with Crippen molar-refractivity contribution in [2.75, 3.05) is 40.4 Å². The van der Waals surface area contributed by atoms with E-state index in [-0.39, 0.29) is 86.3 Å². The Kier molecular flexibility index (Phi) is 18.4. The van der Waals surface area contributed by atoms with Crippen LogP contribution in [0.25, 0.3) is 0 Å². The van der Waals surface area contributed by atoms with E-state index in [0.717, 1.165) is 5.56 Å². The molecule has 1 fully saturated rings. The minimum Gasteiger partial charge on any atom is -0.508 e. The van der Waals surface area contributed by atoms with Crippen LogP contribution in [0.2, 0.25) is 0 Å². The van der Waals surface area contributed by atoms with E-state index in [1.54, 1.807) is 19.1 Å². The van der Waals surface area contributed by atoms with Crippen LogP contribution in [0, 0.1) is 17.8 Å². The minimum atomic E-state index is -1.11. The van der Waals surface area contributed by atoms with Crippen LogP contribution in [0.4, 0.5) is 0 Å². The van der Waals surface area contributed by atoms with Gasteiger partial charge >= 0.3 is 0 Å². The van der Waals surface area contributed by atoms with Crippen molar-refractivity contribution in [3.8, 4) is 17.2 Å². The number of nitrogens with zero attached hydrogens (tertiary/aromatic N) is 2. The van der Waals surface area contributed by atoms with Crippen molar-refractivity contribution in [1.29, 1.82) is 0 Å². The van der Waals surface area contributed by atoms with Crippen molar-refractivity contribution < 1.29 is 52.9 Å². The molecule has 2 aliphatic rings. The second kappa shape index (κ2) is 24.1. The summed E-state index contributed by atoms with van der Waals surface area (Å²) in [5, 5.41) is 18.2. The molecule has 16 nitrogen and oxygen atoms in total. The topological polar surface area (TPSA) is 218 Å². The molecule has 2 aliphatic heterocycles. The van der Waals surface area contributed by atoms with Gasteiger partial charge in [0, 0.05) is 43.8 Å². The number of ether oxygens (including phenoxy) is 2. The molecule has 66 heavy (non-hydrogen) atoms. The highest BCUT2D eigenvalue weighted by atomic mass is 16.5.